The van der Waals surface area contributed by atoms with Gasteiger partial charge in [0.05, 0.1) is 4.88 Å². The fourth-order valence-electron chi connectivity index (χ4n) is 3.05. The summed E-state index contributed by atoms with van der Waals surface area (Å²) in [6, 6.07) is 9.92. The minimum absolute atomic E-state index is 0.103. The van der Waals surface area contributed by atoms with Crippen LogP contribution in [0.5, 0.6) is 0 Å². The van der Waals surface area contributed by atoms with E-state index in [9.17, 15) is 14.4 Å². The number of anilines is 1. The zero-order valence-corrected chi connectivity index (χ0v) is 15.3. The first kappa shape index (κ1) is 18.1. The van der Waals surface area contributed by atoms with Crippen LogP contribution in [0.2, 0.25) is 0 Å². The maximum Gasteiger partial charge on any atom is 0.264 e. The lowest BCUT2D eigenvalue weighted by atomic mass is 10.1. The quantitative estimate of drug-likeness (QED) is 0.848. The number of likely N-dealkylation sites (tertiary alicyclic amines) is 1. The van der Waals surface area contributed by atoms with E-state index in [4.69, 9.17) is 0 Å². The first-order valence-electron chi connectivity index (χ1n) is 8.63. The predicted molar refractivity (Wildman–Crippen MR) is 101 cm³/mol. The van der Waals surface area contributed by atoms with Crippen LogP contribution in [0.1, 0.15) is 39.8 Å². The van der Waals surface area contributed by atoms with Gasteiger partial charge in [-0.3, -0.25) is 14.4 Å². The second-order valence-corrected chi connectivity index (χ2v) is 7.01. The highest BCUT2D eigenvalue weighted by Gasteiger charge is 2.34. The summed E-state index contributed by atoms with van der Waals surface area (Å²) in [6.07, 6.45) is 1.44. The molecule has 1 aliphatic rings. The minimum Gasteiger partial charge on any atom is -0.352 e. The molecule has 0 saturated carbocycles. The van der Waals surface area contributed by atoms with Gasteiger partial charge in [-0.05, 0) is 49.4 Å². The van der Waals surface area contributed by atoms with Crippen LogP contribution in [0, 0.1) is 0 Å². The number of carbonyl (C=O) groups excluding carboxylic acids is 3. The molecule has 1 aromatic heterocycles. The zero-order valence-electron chi connectivity index (χ0n) is 14.5. The fraction of sp³-hybridized carbons (Fsp3) is 0.316. The molecule has 2 heterocycles. The van der Waals surface area contributed by atoms with Gasteiger partial charge in [-0.1, -0.05) is 12.1 Å². The van der Waals surface area contributed by atoms with Crippen LogP contribution in [0.25, 0.3) is 0 Å². The average molecular weight is 371 g/mol. The Labute approximate surface area is 156 Å². The largest absolute Gasteiger partial charge is 0.352 e. The standard InChI is InChI=1S/C19H21N3O3S/c1-2-20-17(23)13-6-3-7-14(12-13)21-18(24)15-8-4-10-22(15)19(25)16-9-5-11-26-16/h3,5-7,9,11-12,15H,2,4,8,10H2,1H3,(H,20,23)(H,21,24). The van der Waals surface area contributed by atoms with Gasteiger partial charge in [0.2, 0.25) is 5.91 Å². The van der Waals surface area contributed by atoms with Crippen molar-refractivity contribution >= 4 is 34.7 Å². The topological polar surface area (TPSA) is 78.5 Å². The first-order valence-corrected chi connectivity index (χ1v) is 9.51. The Hall–Kier alpha value is -2.67. The SMILES string of the molecule is CCNC(=O)c1cccc(NC(=O)C2CCCN2C(=O)c2cccs2)c1. The zero-order chi connectivity index (χ0) is 18.5. The molecule has 1 aliphatic heterocycles. The van der Waals surface area contributed by atoms with Gasteiger partial charge in [0.15, 0.2) is 0 Å². The molecule has 1 saturated heterocycles. The van der Waals surface area contributed by atoms with Crippen LogP contribution in [-0.4, -0.2) is 41.8 Å². The summed E-state index contributed by atoms with van der Waals surface area (Å²) in [6.45, 7) is 2.97. The minimum atomic E-state index is -0.488. The number of nitrogens with zero attached hydrogens (tertiary/aromatic N) is 1. The summed E-state index contributed by atoms with van der Waals surface area (Å²) >= 11 is 1.38. The molecule has 0 radical (unpaired) electrons. The number of nitrogens with one attached hydrogen (secondary N) is 2. The molecule has 2 N–H and O–H groups in total. The number of rotatable bonds is 5. The summed E-state index contributed by atoms with van der Waals surface area (Å²) in [4.78, 5) is 39.5. The van der Waals surface area contributed by atoms with Crippen molar-refractivity contribution in [3.8, 4) is 0 Å². The highest BCUT2D eigenvalue weighted by Crippen LogP contribution is 2.23. The fourth-order valence-corrected chi connectivity index (χ4v) is 3.73. The van der Waals surface area contributed by atoms with Crippen molar-refractivity contribution in [3.63, 3.8) is 0 Å². The number of thiophene rings is 1. The predicted octanol–water partition coefficient (Wildman–Crippen LogP) is 2.74. The van der Waals surface area contributed by atoms with E-state index in [2.05, 4.69) is 10.6 Å². The van der Waals surface area contributed by atoms with Crippen LogP contribution in [0.4, 0.5) is 5.69 Å². The Morgan fingerprint density at radius 2 is 2.08 bits per heavy atom. The van der Waals surface area contributed by atoms with Gasteiger partial charge in [0.1, 0.15) is 6.04 Å². The van der Waals surface area contributed by atoms with Gasteiger partial charge in [-0.25, -0.2) is 0 Å². The number of hydrogen-bond acceptors (Lipinski definition) is 4. The molecule has 3 rings (SSSR count). The van der Waals surface area contributed by atoms with Crippen LogP contribution in [-0.2, 0) is 4.79 Å². The Morgan fingerprint density at radius 3 is 2.81 bits per heavy atom. The molecule has 1 unspecified atom stereocenters. The van der Waals surface area contributed by atoms with Crippen molar-refractivity contribution in [2.45, 2.75) is 25.8 Å². The van der Waals surface area contributed by atoms with E-state index in [0.29, 0.717) is 35.6 Å². The van der Waals surface area contributed by atoms with Crippen LogP contribution >= 0.6 is 11.3 Å². The van der Waals surface area contributed by atoms with Gasteiger partial charge in [0.25, 0.3) is 11.8 Å². The molecule has 136 valence electrons. The molecule has 2 aromatic rings. The lowest BCUT2D eigenvalue weighted by Gasteiger charge is -2.23. The van der Waals surface area contributed by atoms with Crippen molar-refractivity contribution in [1.82, 2.24) is 10.2 Å². The third kappa shape index (κ3) is 3.94. The molecule has 1 fully saturated rings. The van der Waals surface area contributed by atoms with E-state index in [1.54, 1.807) is 35.2 Å². The maximum atomic E-state index is 12.7. The lowest BCUT2D eigenvalue weighted by molar-refractivity contribution is -0.119. The van der Waals surface area contributed by atoms with E-state index in [-0.39, 0.29) is 17.7 Å². The monoisotopic (exact) mass is 371 g/mol. The summed E-state index contributed by atoms with van der Waals surface area (Å²) < 4.78 is 0. The molecule has 1 atom stereocenters. The molecule has 26 heavy (non-hydrogen) atoms. The Balaban J connectivity index is 1.70. The van der Waals surface area contributed by atoms with Crippen molar-refractivity contribution in [2.24, 2.45) is 0 Å². The van der Waals surface area contributed by atoms with Gasteiger partial charge < -0.3 is 15.5 Å². The lowest BCUT2D eigenvalue weighted by Crippen LogP contribution is -2.43. The summed E-state index contributed by atoms with van der Waals surface area (Å²) in [5.41, 5.74) is 1.04. The second-order valence-electron chi connectivity index (χ2n) is 6.06. The first-order chi connectivity index (χ1) is 12.6. The van der Waals surface area contributed by atoms with Crippen LogP contribution in [0.3, 0.4) is 0 Å². The molecule has 0 spiro atoms. The molecule has 0 bridgehead atoms. The second kappa shape index (κ2) is 8.14. The van der Waals surface area contributed by atoms with Gasteiger partial charge in [-0.15, -0.1) is 11.3 Å². The Kier molecular flexibility index (Phi) is 5.68. The summed E-state index contributed by atoms with van der Waals surface area (Å²) in [5, 5.41) is 7.43. The summed E-state index contributed by atoms with van der Waals surface area (Å²) in [5.74, 6) is -0.506. The van der Waals surface area contributed by atoms with E-state index in [1.807, 2.05) is 18.4 Å². The van der Waals surface area contributed by atoms with Crippen molar-refractivity contribution < 1.29 is 14.4 Å². The van der Waals surface area contributed by atoms with Crippen LogP contribution < -0.4 is 10.6 Å². The number of hydrogen-bond donors (Lipinski definition) is 2. The van der Waals surface area contributed by atoms with Gasteiger partial charge >= 0.3 is 0 Å². The molecule has 6 nitrogen and oxygen atoms in total. The maximum absolute atomic E-state index is 12.7. The smallest absolute Gasteiger partial charge is 0.264 e. The normalized spacial score (nSPS) is 16.3. The third-order valence-corrected chi connectivity index (χ3v) is 5.14. The molecule has 0 aliphatic carbocycles. The average Bonchev–Trinajstić information content (AvgIpc) is 3.33. The Morgan fingerprint density at radius 1 is 1.23 bits per heavy atom. The molecule has 7 heteroatoms. The molecule has 1 aromatic carbocycles. The van der Waals surface area contributed by atoms with Gasteiger partial charge in [-0.2, -0.15) is 0 Å². The summed E-state index contributed by atoms with van der Waals surface area (Å²) in [7, 11) is 0. The molecule has 3 amide bonds. The highest BCUT2D eigenvalue weighted by atomic mass is 32.1. The van der Waals surface area contributed by atoms with Crippen molar-refractivity contribution in [1.29, 1.82) is 0 Å². The number of carbonyl (C=O) groups is 3. The third-order valence-electron chi connectivity index (χ3n) is 4.28. The van der Waals surface area contributed by atoms with Crippen molar-refractivity contribution in [3.05, 3.63) is 52.2 Å². The molecular formula is C19H21N3O3S. The van der Waals surface area contributed by atoms with Crippen molar-refractivity contribution in [2.75, 3.05) is 18.4 Å². The van der Waals surface area contributed by atoms with E-state index in [0.717, 1.165) is 6.42 Å². The van der Waals surface area contributed by atoms with E-state index >= 15 is 0 Å². The van der Waals surface area contributed by atoms with E-state index in [1.165, 1.54) is 11.3 Å². The Bertz CT molecular complexity index is 804. The highest BCUT2D eigenvalue weighted by molar-refractivity contribution is 7.12. The van der Waals surface area contributed by atoms with Crippen LogP contribution in [0.15, 0.2) is 41.8 Å². The number of benzene rings is 1. The number of amides is 3. The van der Waals surface area contributed by atoms with Gasteiger partial charge in [0, 0.05) is 24.3 Å². The molecular weight excluding hydrogens is 350 g/mol. The van der Waals surface area contributed by atoms with E-state index < -0.39 is 6.04 Å².